The average Bonchev–Trinajstić information content (AvgIpc) is 1.87. The lowest BCUT2D eigenvalue weighted by molar-refractivity contribution is 0.196. The number of hydrogen-bond donors (Lipinski definition) is 1. The number of hydrogen-bond acceptors (Lipinski definition) is 1. The summed E-state index contributed by atoms with van der Waals surface area (Å²) in [5, 5.41) is 8.99. The monoisotopic (exact) mass is 141 g/mol. The maximum Gasteiger partial charge on any atom is 0.0498 e. The first-order valence-corrected chi connectivity index (χ1v) is 4.13. The van der Waals surface area contributed by atoms with E-state index in [4.69, 9.17) is 5.11 Å². The molecule has 1 aliphatic carbocycles. The van der Waals surface area contributed by atoms with Crippen molar-refractivity contribution in [2.75, 3.05) is 6.61 Å². The van der Waals surface area contributed by atoms with Gasteiger partial charge in [-0.25, -0.2) is 0 Å². The molecule has 0 heterocycles. The van der Waals surface area contributed by atoms with Crippen molar-refractivity contribution in [3.05, 3.63) is 5.92 Å². The van der Waals surface area contributed by atoms with E-state index in [1.807, 2.05) is 0 Å². The standard InChI is InChI=1S/C9H17O/c1-9(2)6-4-3-5-8(9)7-10/h10H,3-7H2,1-2H3. The number of aliphatic hydroxyl groups is 1. The third kappa shape index (κ3) is 1.51. The van der Waals surface area contributed by atoms with Crippen LogP contribution in [0, 0.1) is 11.3 Å². The molecule has 1 radical (unpaired) electrons. The van der Waals surface area contributed by atoms with E-state index in [0.717, 1.165) is 6.42 Å². The van der Waals surface area contributed by atoms with Gasteiger partial charge in [0.2, 0.25) is 0 Å². The van der Waals surface area contributed by atoms with Crippen LogP contribution in [0.4, 0.5) is 0 Å². The van der Waals surface area contributed by atoms with Crippen LogP contribution in [0.1, 0.15) is 39.5 Å². The van der Waals surface area contributed by atoms with Crippen molar-refractivity contribution in [1.82, 2.24) is 0 Å². The SMILES string of the molecule is CC1(C)CCCC[C]1CO. The molecule has 10 heavy (non-hydrogen) atoms. The Hall–Kier alpha value is -0.0400. The molecule has 1 fully saturated rings. The first kappa shape index (κ1) is 8.06. The Bertz CT molecular complexity index is 107. The average molecular weight is 141 g/mol. The third-order valence-electron chi connectivity index (χ3n) is 2.68. The van der Waals surface area contributed by atoms with Crippen LogP contribution in [0.15, 0.2) is 0 Å². The summed E-state index contributed by atoms with van der Waals surface area (Å²) in [6, 6.07) is 0. The topological polar surface area (TPSA) is 20.2 Å². The van der Waals surface area contributed by atoms with Crippen LogP contribution in [0.3, 0.4) is 0 Å². The van der Waals surface area contributed by atoms with Crippen molar-refractivity contribution < 1.29 is 5.11 Å². The summed E-state index contributed by atoms with van der Waals surface area (Å²) >= 11 is 0. The molecule has 0 saturated heterocycles. The Balaban J connectivity index is 2.51. The maximum absolute atomic E-state index is 8.99. The maximum atomic E-state index is 8.99. The van der Waals surface area contributed by atoms with Gasteiger partial charge in [0, 0.05) is 12.5 Å². The molecule has 0 aromatic heterocycles. The molecular weight excluding hydrogens is 124 g/mol. The zero-order chi connectivity index (χ0) is 7.61. The van der Waals surface area contributed by atoms with Crippen LogP contribution < -0.4 is 0 Å². The number of rotatable bonds is 1. The van der Waals surface area contributed by atoms with Crippen LogP contribution in [0.2, 0.25) is 0 Å². The highest BCUT2D eigenvalue weighted by molar-refractivity contribution is 5.04. The predicted molar refractivity (Wildman–Crippen MR) is 42.6 cm³/mol. The summed E-state index contributed by atoms with van der Waals surface area (Å²) in [6.07, 6.45) is 5.00. The van der Waals surface area contributed by atoms with Gasteiger partial charge in [-0.15, -0.1) is 0 Å². The highest BCUT2D eigenvalue weighted by Crippen LogP contribution is 2.41. The van der Waals surface area contributed by atoms with Gasteiger partial charge in [-0.2, -0.15) is 0 Å². The molecule has 0 bridgehead atoms. The Morgan fingerprint density at radius 3 is 2.50 bits per heavy atom. The molecule has 0 aliphatic heterocycles. The predicted octanol–water partition coefficient (Wildman–Crippen LogP) is 2.15. The van der Waals surface area contributed by atoms with Crippen molar-refractivity contribution >= 4 is 0 Å². The summed E-state index contributed by atoms with van der Waals surface area (Å²) in [4.78, 5) is 0. The summed E-state index contributed by atoms with van der Waals surface area (Å²) in [5.41, 5.74) is 0.312. The lowest BCUT2D eigenvalue weighted by Gasteiger charge is -2.36. The second-order valence-corrected chi connectivity index (χ2v) is 3.85. The van der Waals surface area contributed by atoms with E-state index in [2.05, 4.69) is 13.8 Å². The second kappa shape index (κ2) is 2.91. The molecule has 1 saturated carbocycles. The molecule has 0 spiro atoms. The fourth-order valence-electron chi connectivity index (χ4n) is 1.71. The molecule has 0 aromatic carbocycles. The third-order valence-corrected chi connectivity index (χ3v) is 2.68. The molecule has 1 N–H and O–H groups in total. The van der Waals surface area contributed by atoms with Gasteiger partial charge in [0.05, 0.1) is 0 Å². The van der Waals surface area contributed by atoms with Gasteiger partial charge < -0.3 is 5.11 Å². The highest BCUT2D eigenvalue weighted by Gasteiger charge is 2.31. The number of aliphatic hydroxyl groups excluding tert-OH is 1. The summed E-state index contributed by atoms with van der Waals surface area (Å²) in [6.45, 7) is 4.77. The molecule has 0 aromatic rings. The first-order chi connectivity index (χ1) is 4.67. The first-order valence-electron chi connectivity index (χ1n) is 4.13. The minimum absolute atomic E-state index is 0.299. The van der Waals surface area contributed by atoms with Gasteiger partial charge in [-0.3, -0.25) is 0 Å². The Labute approximate surface area is 63.4 Å². The summed E-state index contributed by atoms with van der Waals surface area (Å²) < 4.78 is 0. The van der Waals surface area contributed by atoms with Crippen molar-refractivity contribution in [3.63, 3.8) is 0 Å². The van der Waals surface area contributed by atoms with Crippen molar-refractivity contribution in [3.8, 4) is 0 Å². The molecule has 0 atom stereocenters. The van der Waals surface area contributed by atoms with Crippen LogP contribution >= 0.6 is 0 Å². The lowest BCUT2D eigenvalue weighted by Crippen LogP contribution is -2.28. The fourth-order valence-corrected chi connectivity index (χ4v) is 1.71. The summed E-state index contributed by atoms with van der Waals surface area (Å²) in [5.74, 6) is 1.35. The van der Waals surface area contributed by atoms with Crippen LogP contribution in [0.5, 0.6) is 0 Å². The largest absolute Gasteiger partial charge is 0.396 e. The molecule has 1 nitrogen and oxygen atoms in total. The Kier molecular flexibility index (Phi) is 2.35. The molecule has 0 unspecified atom stereocenters. The van der Waals surface area contributed by atoms with Crippen LogP contribution in [-0.4, -0.2) is 11.7 Å². The van der Waals surface area contributed by atoms with Gasteiger partial charge in [-0.1, -0.05) is 26.7 Å². The highest BCUT2D eigenvalue weighted by atomic mass is 16.3. The molecule has 1 heteroatoms. The molecule has 59 valence electrons. The zero-order valence-electron chi connectivity index (χ0n) is 6.98. The summed E-state index contributed by atoms with van der Waals surface area (Å²) in [7, 11) is 0. The van der Waals surface area contributed by atoms with Gasteiger partial charge >= 0.3 is 0 Å². The Morgan fingerprint density at radius 2 is 2.10 bits per heavy atom. The van der Waals surface area contributed by atoms with E-state index in [9.17, 15) is 0 Å². The van der Waals surface area contributed by atoms with Crippen molar-refractivity contribution in [2.24, 2.45) is 5.41 Å². The molecule has 1 rings (SSSR count). The minimum Gasteiger partial charge on any atom is -0.396 e. The van der Waals surface area contributed by atoms with Gasteiger partial charge in [0.15, 0.2) is 0 Å². The Morgan fingerprint density at radius 1 is 1.40 bits per heavy atom. The quantitative estimate of drug-likeness (QED) is 0.593. The van der Waals surface area contributed by atoms with E-state index in [1.54, 1.807) is 0 Å². The van der Waals surface area contributed by atoms with Crippen molar-refractivity contribution in [2.45, 2.75) is 39.5 Å². The van der Waals surface area contributed by atoms with E-state index in [-0.39, 0.29) is 0 Å². The van der Waals surface area contributed by atoms with E-state index in [0.29, 0.717) is 12.0 Å². The molecule has 1 aliphatic rings. The van der Waals surface area contributed by atoms with Gasteiger partial charge in [0.25, 0.3) is 0 Å². The fraction of sp³-hybridized carbons (Fsp3) is 0.889. The molecular formula is C9H17O. The second-order valence-electron chi connectivity index (χ2n) is 3.85. The van der Waals surface area contributed by atoms with Gasteiger partial charge in [-0.05, 0) is 18.3 Å². The van der Waals surface area contributed by atoms with E-state index in [1.165, 1.54) is 25.2 Å². The van der Waals surface area contributed by atoms with Crippen LogP contribution in [-0.2, 0) is 0 Å². The van der Waals surface area contributed by atoms with Crippen LogP contribution in [0.25, 0.3) is 0 Å². The molecule has 0 amide bonds. The van der Waals surface area contributed by atoms with E-state index < -0.39 is 0 Å². The van der Waals surface area contributed by atoms with Crippen molar-refractivity contribution in [1.29, 1.82) is 0 Å². The van der Waals surface area contributed by atoms with Gasteiger partial charge in [0.1, 0.15) is 0 Å². The minimum atomic E-state index is 0.299. The van der Waals surface area contributed by atoms with E-state index >= 15 is 0 Å². The smallest absolute Gasteiger partial charge is 0.0498 e. The lowest BCUT2D eigenvalue weighted by atomic mass is 9.69. The normalized spacial score (nSPS) is 26.7. The zero-order valence-corrected chi connectivity index (χ0v) is 6.98.